The summed E-state index contributed by atoms with van der Waals surface area (Å²) in [4.78, 5) is 12.3. The van der Waals surface area contributed by atoms with Crippen molar-refractivity contribution in [2.75, 3.05) is 13.6 Å². The van der Waals surface area contributed by atoms with Crippen LogP contribution in [0.1, 0.15) is 19.3 Å². The molecule has 76 valence electrons. The molecule has 3 nitrogen and oxygen atoms in total. The van der Waals surface area contributed by atoms with E-state index in [1.54, 1.807) is 6.08 Å². The molecule has 1 aliphatic rings. The van der Waals surface area contributed by atoms with Crippen LogP contribution in [0, 0.1) is 0 Å². The Morgan fingerprint density at radius 3 is 2.62 bits per heavy atom. The van der Waals surface area contributed by atoms with Gasteiger partial charge >= 0.3 is 5.97 Å². The van der Waals surface area contributed by atoms with Gasteiger partial charge in [-0.1, -0.05) is 12.5 Å². The highest BCUT2D eigenvalue weighted by Gasteiger charge is 2.20. The molecule has 0 aromatic rings. The molecule has 0 aliphatic heterocycles. The van der Waals surface area contributed by atoms with Gasteiger partial charge in [-0.2, -0.15) is 0 Å². The van der Waals surface area contributed by atoms with Crippen molar-refractivity contribution < 1.29 is 9.90 Å². The van der Waals surface area contributed by atoms with E-state index in [0.29, 0.717) is 6.04 Å². The monoisotopic (exact) mass is 205 g/mol. The van der Waals surface area contributed by atoms with E-state index in [2.05, 4.69) is 4.90 Å². The lowest BCUT2D eigenvalue weighted by Crippen LogP contribution is -2.37. The highest BCUT2D eigenvalue weighted by Crippen LogP contribution is 2.22. The SMILES string of the molecule is CN(C/C=C/C(=O)O)C1CCC1.Cl. The molecule has 1 saturated carbocycles. The summed E-state index contributed by atoms with van der Waals surface area (Å²) in [5.41, 5.74) is 0. The largest absolute Gasteiger partial charge is 0.478 e. The Kier molecular flexibility index (Phi) is 5.75. The fourth-order valence-electron chi connectivity index (χ4n) is 1.30. The Labute approximate surface area is 84.8 Å². The molecule has 0 heterocycles. The molecule has 0 amide bonds. The van der Waals surface area contributed by atoms with E-state index in [0.717, 1.165) is 6.54 Å². The van der Waals surface area contributed by atoms with Gasteiger partial charge in [-0.05, 0) is 19.9 Å². The third kappa shape index (κ3) is 4.29. The second-order valence-electron chi connectivity index (χ2n) is 3.26. The van der Waals surface area contributed by atoms with Crippen LogP contribution in [0.3, 0.4) is 0 Å². The van der Waals surface area contributed by atoms with Gasteiger partial charge in [0.25, 0.3) is 0 Å². The summed E-state index contributed by atoms with van der Waals surface area (Å²) in [6.07, 6.45) is 6.74. The van der Waals surface area contributed by atoms with Crippen LogP contribution in [-0.2, 0) is 4.79 Å². The van der Waals surface area contributed by atoms with Gasteiger partial charge in [-0.3, -0.25) is 4.90 Å². The van der Waals surface area contributed by atoms with Crippen LogP contribution < -0.4 is 0 Å². The standard InChI is InChI=1S/C9H15NO2.ClH/c1-10(8-4-2-5-8)7-3-6-9(11)12;/h3,6,8H,2,4-5,7H2,1H3,(H,11,12);1H/b6-3+;. The molecule has 1 fully saturated rings. The zero-order valence-corrected chi connectivity index (χ0v) is 8.59. The number of nitrogens with zero attached hydrogens (tertiary/aromatic N) is 1. The van der Waals surface area contributed by atoms with Crippen LogP contribution in [0.15, 0.2) is 12.2 Å². The van der Waals surface area contributed by atoms with E-state index in [9.17, 15) is 4.79 Å². The van der Waals surface area contributed by atoms with Crippen LogP contribution in [0.25, 0.3) is 0 Å². The van der Waals surface area contributed by atoms with Crippen LogP contribution >= 0.6 is 12.4 Å². The third-order valence-electron chi connectivity index (χ3n) is 2.35. The number of carboxylic acid groups (broad SMARTS) is 1. The molecular formula is C9H16ClNO2. The molecule has 1 N–H and O–H groups in total. The average Bonchev–Trinajstić information content (AvgIpc) is 1.81. The van der Waals surface area contributed by atoms with Crippen molar-refractivity contribution in [2.45, 2.75) is 25.3 Å². The second-order valence-corrected chi connectivity index (χ2v) is 3.26. The molecule has 0 bridgehead atoms. The first-order chi connectivity index (χ1) is 5.70. The Bertz CT molecular complexity index is 190. The zero-order chi connectivity index (χ0) is 8.97. The maximum absolute atomic E-state index is 10.1. The van der Waals surface area contributed by atoms with E-state index in [4.69, 9.17) is 5.11 Å². The molecule has 4 heteroatoms. The van der Waals surface area contributed by atoms with E-state index in [1.807, 2.05) is 7.05 Å². The summed E-state index contributed by atoms with van der Waals surface area (Å²) in [5, 5.41) is 8.33. The fourth-order valence-corrected chi connectivity index (χ4v) is 1.30. The highest BCUT2D eigenvalue weighted by molar-refractivity contribution is 5.85. The topological polar surface area (TPSA) is 40.5 Å². The predicted octanol–water partition coefficient (Wildman–Crippen LogP) is 1.53. The number of hydrogen-bond acceptors (Lipinski definition) is 2. The van der Waals surface area contributed by atoms with Crippen LogP contribution in [0.4, 0.5) is 0 Å². The molecule has 0 unspecified atom stereocenters. The molecule has 0 radical (unpaired) electrons. The molecule has 0 aromatic carbocycles. The minimum Gasteiger partial charge on any atom is -0.478 e. The van der Waals surface area contributed by atoms with Gasteiger partial charge in [0.1, 0.15) is 0 Å². The molecule has 0 spiro atoms. The minimum atomic E-state index is -0.864. The number of halogens is 1. The van der Waals surface area contributed by atoms with Crippen LogP contribution in [0.5, 0.6) is 0 Å². The van der Waals surface area contributed by atoms with Gasteiger partial charge in [0.15, 0.2) is 0 Å². The van der Waals surface area contributed by atoms with Crippen molar-refractivity contribution >= 4 is 18.4 Å². The maximum atomic E-state index is 10.1. The first-order valence-electron chi connectivity index (χ1n) is 4.30. The number of hydrogen-bond donors (Lipinski definition) is 1. The van der Waals surface area contributed by atoms with Gasteiger partial charge < -0.3 is 5.11 Å². The van der Waals surface area contributed by atoms with Crippen molar-refractivity contribution in [1.82, 2.24) is 4.90 Å². The molecule has 1 aliphatic carbocycles. The third-order valence-corrected chi connectivity index (χ3v) is 2.35. The van der Waals surface area contributed by atoms with Crippen molar-refractivity contribution in [3.8, 4) is 0 Å². The summed E-state index contributed by atoms with van der Waals surface area (Å²) in [5.74, 6) is -0.864. The van der Waals surface area contributed by atoms with Crippen molar-refractivity contribution in [3.63, 3.8) is 0 Å². The lowest BCUT2D eigenvalue weighted by Gasteiger charge is -2.33. The van der Waals surface area contributed by atoms with Gasteiger partial charge in [0, 0.05) is 18.7 Å². The average molecular weight is 206 g/mol. The Balaban J connectivity index is 0.00000144. The normalized spacial score (nSPS) is 17.1. The summed E-state index contributed by atoms with van der Waals surface area (Å²) in [6.45, 7) is 0.747. The molecule has 0 aromatic heterocycles. The molecule has 0 atom stereocenters. The van der Waals surface area contributed by atoms with Crippen LogP contribution in [0.2, 0.25) is 0 Å². The van der Waals surface area contributed by atoms with Gasteiger partial charge in [0.05, 0.1) is 0 Å². The van der Waals surface area contributed by atoms with E-state index in [1.165, 1.54) is 25.3 Å². The predicted molar refractivity (Wildman–Crippen MR) is 54.3 cm³/mol. The lowest BCUT2D eigenvalue weighted by atomic mass is 9.92. The van der Waals surface area contributed by atoms with Crippen molar-refractivity contribution in [1.29, 1.82) is 0 Å². The molecule has 1 rings (SSSR count). The zero-order valence-electron chi connectivity index (χ0n) is 7.77. The van der Waals surface area contributed by atoms with Crippen molar-refractivity contribution in [3.05, 3.63) is 12.2 Å². The highest BCUT2D eigenvalue weighted by atomic mass is 35.5. The summed E-state index contributed by atoms with van der Waals surface area (Å²) >= 11 is 0. The number of carboxylic acids is 1. The molecule has 13 heavy (non-hydrogen) atoms. The van der Waals surface area contributed by atoms with Crippen LogP contribution in [-0.4, -0.2) is 35.6 Å². The number of aliphatic carboxylic acids is 1. The first-order valence-corrected chi connectivity index (χ1v) is 4.30. The Morgan fingerprint density at radius 2 is 2.23 bits per heavy atom. The van der Waals surface area contributed by atoms with Gasteiger partial charge in [-0.25, -0.2) is 4.79 Å². The number of carbonyl (C=O) groups is 1. The summed E-state index contributed by atoms with van der Waals surface area (Å²) in [6, 6.07) is 0.684. The second kappa shape index (κ2) is 6.00. The smallest absolute Gasteiger partial charge is 0.328 e. The summed E-state index contributed by atoms with van der Waals surface area (Å²) in [7, 11) is 2.04. The summed E-state index contributed by atoms with van der Waals surface area (Å²) < 4.78 is 0. The van der Waals surface area contributed by atoms with E-state index >= 15 is 0 Å². The van der Waals surface area contributed by atoms with Gasteiger partial charge in [0.2, 0.25) is 0 Å². The van der Waals surface area contributed by atoms with Crippen molar-refractivity contribution in [2.24, 2.45) is 0 Å². The Morgan fingerprint density at radius 1 is 1.62 bits per heavy atom. The minimum absolute atomic E-state index is 0. The molecule has 0 saturated heterocycles. The maximum Gasteiger partial charge on any atom is 0.328 e. The number of likely N-dealkylation sites (N-methyl/N-ethyl adjacent to an activating group) is 1. The first kappa shape index (κ1) is 12.5. The van der Waals surface area contributed by atoms with E-state index < -0.39 is 5.97 Å². The quantitative estimate of drug-likeness (QED) is 0.708. The Hall–Kier alpha value is -0.540. The van der Waals surface area contributed by atoms with E-state index in [-0.39, 0.29) is 12.4 Å². The molecular weight excluding hydrogens is 190 g/mol. The lowest BCUT2D eigenvalue weighted by molar-refractivity contribution is -0.131. The number of rotatable bonds is 4. The van der Waals surface area contributed by atoms with Gasteiger partial charge in [-0.15, -0.1) is 12.4 Å². The fraction of sp³-hybridized carbons (Fsp3) is 0.667.